The molecule has 0 saturated heterocycles. The number of carbonyl (C=O) groups excluding carboxylic acids is 2. The van der Waals surface area contributed by atoms with Crippen LogP contribution in [0.4, 0.5) is 0 Å². The van der Waals surface area contributed by atoms with E-state index in [9.17, 15) is 9.59 Å². The minimum absolute atomic E-state index is 0.0577. The van der Waals surface area contributed by atoms with Crippen molar-refractivity contribution >= 4 is 23.4 Å². The molecule has 0 spiro atoms. The van der Waals surface area contributed by atoms with Crippen LogP contribution in [0.2, 0.25) is 5.15 Å². The second kappa shape index (κ2) is 7.04. The van der Waals surface area contributed by atoms with Crippen molar-refractivity contribution in [1.29, 1.82) is 0 Å². The number of nitrogens with one attached hydrogen (secondary N) is 1. The summed E-state index contributed by atoms with van der Waals surface area (Å²) >= 11 is 5.87. The zero-order valence-corrected chi connectivity index (χ0v) is 13.1. The number of hydrogen-bond acceptors (Lipinski definition) is 3. The average Bonchev–Trinajstić information content (AvgIpc) is 2.52. The molecule has 0 radical (unpaired) electrons. The van der Waals surface area contributed by atoms with Crippen LogP contribution in [-0.2, 0) is 6.54 Å². The Morgan fingerprint density at radius 1 is 1.18 bits per heavy atom. The van der Waals surface area contributed by atoms with E-state index >= 15 is 0 Å². The van der Waals surface area contributed by atoms with Gasteiger partial charge in [-0.1, -0.05) is 23.7 Å². The van der Waals surface area contributed by atoms with Gasteiger partial charge in [0, 0.05) is 32.4 Å². The van der Waals surface area contributed by atoms with Crippen LogP contribution in [0.15, 0.2) is 42.6 Å². The van der Waals surface area contributed by atoms with Gasteiger partial charge in [0.2, 0.25) is 0 Å². The molecule has 0 fully saturated rings. The summed E-state index contributed by atoms with van der Waals surface area (Å²) in [6.07, 6.45) is 1.53. The number of amides is 2. The number of hydrogen-bond donors (Lipinski definition) is 1. The minimum Gasteiger partial charge on any atom is -0.348 e. The molecule has 2 amide bonds. The highest BCUT2D eigenvalue weighted by Gasteiger charge is 2.11. The fraction of sp³-hybridized carbons (Fsp3) is 0.188. The summed E-state index contributed by atoms with van der Waals surface area (Å²) in [6, 6.07) is 10.4. The lowest BCUT2D eigenvalue weighted by Gasteiger charge is -2.11. The van der Waals surface area contributed by atoms with Crippen molar-refractivity contribution < 1.29 is 9.59 Å². The van der Waals surface area contributed by atoms with E-state index in [2.05, 4.69) is 10.3 Å². The van der Waals surface area contributed by atoms with Crippen LogP contribution in [0.3, 0.4) is 0 Å². The second-order valence-electron chi connectivity index (χ2n) is 4.92. The lowest BCUT2D eigenvalue weighted by Crippen LogP contribution is -2.24. The molecule has 1 N–H and O–H groups in total. The first-order valence-corrected chi connectivity index (χ1v) is 7.06. The van der Waals surface area contributed by atoms with Gasteiger partial charge in [0.25, 0.3) is 11.8 Å². The molecule has 0 aliphatic carbocycles. The molecule has 2 aromatic rings. The van der Waals surface area contributed by atoms with Gasteiger partial charge >= 0.3 is 0 Å². The highest BCUT2D eigenvalue weighted by Crippen LogP contribution is 2.12. The minimum atomic E-state index is -0.286. The Bertz CT molecular complexity index is 684. The fourth-order valence-electron chi connectivity index (χ4n) is 1.86. The van der Waals surface area contributed by atoms with Crippen LogP contribution in [-0.4, -0.2) is 35.8 Å². The van der Waals surface area contributed by atoms with E-state index in [0.717, 1.165) is 5.56 Å². The molecule has 0 atom stereocenters. The summed E-state index contributed by atoms with van der Waals surface area (Å²) < 4.78 is 0. The molecule has 0 bridgehead atoms. The molecule has 1 aromatic carbocycles. The SMILES string of the molecule is CN(C)C(=O)c1ccc(CNC(=O)c2cccnc2Cl)cc1. The van der Waals surface area contributed by atoms with Gasteiger partial charge in [-0.2, -0.15) is 0 Å². The molecule has 1 aromatic heterocycles. The van der Waals surface area contributed by atoms with Crippen LogP contribution >= 0.6 is 11.6 Å². The molecule has 0 aliphatic rings. The zero-order valence-electron chi connectivity index (χ0n) is 12.3. The first-order valence-electron chi connectivity index (χ1n) is 6.68. The molecular formula is C16H16ClN3O2. The van der Waals surface area contributed by atoms with Gasteiger partial charge in [-0.25, -0.2) is 4.98 Å². The van der Waals surface area contributed by atoms with E-state index in [0.29, 0.717) is 17.7 Å². The van der Waals surface area contributed by atoms with E-state index in [1.54, 1.807) is 38.4 Å². The number of aromatic nitrogens is 1. The van der Waals surface area contributed by atoms with E-state index in [4.69, 9.17) is 11.6 Å². The molecule has 0 saturated carbocycles. The summed E-state index contributed by atoms with van der Waals surface area (Å²) in [5.41, 5.74) is 1.84. The van der Waals surface area contributed by atoms with Crippen molar-refractivity contribution in [3.05, 3.63) is 64.4 Å². The first kappa shape index (κ1) is 16.0. The Morgan fingerprint density at radius 2 is 1.86 bits per heavy atom. The van der Waals surface area contributed by atoms with Crippen molar-refractivity contribution in [2.24, 2.45) is 0 Å². The monoisotopic (exact) mass is 317 g/mol. The Labute approximate surface area is 133 Å². The lowest BCUT2D eigenvalue weighted by atomic mass is 10.1. The fourth-order valence-corrected chi connectivity index (χ4v) is 2.06. The number of benzene rings is 1. The van der Waals surface area contributed by atoms with Gasteiger partial charge in [0.1, 0.15) is 5.15 Å². The predicted molar refractivity (Wildman–Crippen MR) is 84.9 cm³/mol. The molecule has 2 rings (SSSR count). The number of rotatable bonds is 4. The van der Waals surface area contributed by atoms with Gasteiger partial charge in [-0.3, -0.25) is 9.59 Å². The molecule has 0 aliphatic heterocycles. The van der Waals surface area contributed by atoms with E-state index in [-0.39, 0.29) is 17.0 Å². The number of carbonyl (C=O) groups is 2. The highest BCUT2D eigenvalue weighted by molar-refractivity contribution is 6.32. The molecule has 5 nitrogen and oxygen atoms in total. The van der Waals surface area contributed by atoms with Gasteiger partial charge in [-0.05, 0) is 29.8 Å². The van der Waals surface area contributed by atoms with Gasteiger partial charge in [-0.15, -0.1) is 0 Å². The van der Waals surface area contributed by atoms with E-state index in [1.165, 1.54) is 11.1 Å². The van der Waals surface area contributed by atoms with Gasteiger partial charge in [0.15, 0.2) is 0 Å². The maximum Gasteiger partial charge on any atom is 0.254 e. The third-order valence-electron chi connectivity index (χ3n) is 3.06. The number of halogens is 1. The molecule has 22 heavy (non-hydrogen) atoms. The van der Waals surface area contributed by atoms with Crippen molar-refractivity contribution in [1.82, 2.24) is 15.2 Å². The van der Waals surface area contributed by atoms with Gasteiger partial charge in [0.05, 0.1) is 5.56 Å². The highest BCUT2D eigenvalue weighted by atomic mass is 35.5. The first-order chi connectivity index (χ1) is 10.5. The molecule has 6 heteroatoms. The Balaban J connectivity index is 1.99. The van der Waals surface area contributed by atoms with Crippen molar-refractivity contribution in [3.8, 4) is 0 Å². The Kier molecular flexibility index (Phi) is 5.12. The number of pyridine rings is 1. The zero-order chi connectivity index (χ0) is 16.1. The van der Waals surface area contributed by atoms with Gasteiger partial charge < -0.3 is 10.2 Å². The standard InChI is InChI=1S/C16H16ClN3O2/c1-20(2)16(22)12-7-5-11(6-8-12)10-19-15(21)13-4-3-9-18-14(13)17/h3-9H,10H2,1-2H3,(H,19,21). The maximum absolute atomic E-state index is 12.0. The van der Waals surface area contributed by atoms with Crippen LogP contribution in [0.1, 0.15) is 26.3 Å². The molecule has 1 heterocycles. The molecular weight excluding hydrogens is 302 g/mol. The normalized spacial score (nSPS) is 10.1. The van der Waals surface area contributed by atoms with E-state index < -0.39 is 0 Å². The van der Waals surface area contributed by atoms with Crippen molar-refractivity contribution in [3.63, 3.8) is 0 Å². The quantitative estimate of drug-likeness (QED) is 0.881. The Hall–Kier alpha value is -2.40. The average molecular weight is 318 g/mol. The van der Waals surface area contributed by atoms with Crippen molar-refractivity contribution in [2.45, 2.75) is 6.54 Å². The Morgan fingerprint density at radius 3 is 2.45 bits per heavy atom. The maximum atomic E-state index is 12.0. The van der Waals surface area contributed by atoms with Crippen LogP contribution < -0.4 is 5.32 Å². The van der Waals surface area contributed by atoms with Crippen LogP contribution in [0, 0.1) is 0 Å². The van der Waals surface area contributed by atoms with Crippen molar-refractivity contribution in [2.75, 3.05) is 14.1 Å². The topological polar surface area (TPSA) is 62.3 Å². The molecule has 0 unspecified atom stereocenters. The summed E-state index contributed by atoms with van der Waals surface area (Å²) in [5, 5.41) is 2.94. The van der Waals surface area contributed by atoms with E-state index in [1.807, 2.05) is 12.1 Å². The summed E-state index contributed by atoms with van der Waals surface area (Å²) in [5.74, 6) is -0.343. The third kappa shape index (κ3) is 3.83. The summed E-state index contributed by atoms with van der Waals surface area (Å²) in [4.78, 5) is 29.2. The third-order valence-corrected chi connectivity index (χ3v) is 3.37. The molecule has 114 valence electrons. The summed E-state index contributed by atoms with van der Waals surface area (Å²) in [6.45, 7) is 0.348. The largest absolute Gasteiger partial charge is 0.348 e. The lowest BCUT2D eigenvalue weighted by molar-refractivity contribution is 0.0827. The number of nitrogens with zero attached hydrogens (tertiary/aromatic N) is 2. The second-order valence-corrected chi connectivity index (χ2v) is 5.28. The summed E-state index contributed by atoms with van der Waals surface area (Å²) in [7, 11) is 3.40. The van der Waals surface area contributed by atoms with Crippen LogP contribution in [0.25, 0.3) is 0 Å². The smallest absolute Gasteiger partial charge is 0.254 e. The van der Waals surface area contributed by atoms with Crippen LogP contribution in [0.5, 0.6) is 0 Å². The predicted octanol–water partition coefficient (Wildman–Crippen LogP) is 2.37.